The zero-order chi connectivity index (χ0) is 11.3. The number of nitrogens with zero attached hydrogens (tertiary/aromatic N) is 2. The van der Waals surface area contributed by atoms with Gasteiger partial charge in [0.05, 0.1) is 5.69 Å². The molecular weight excluding hydrogens is 228 g/mol. The number of anilines is 1. The number of amides is 1. The van der Waals surface area contributed by atoms with Crippen LogP contribution in [0.2, 0.25) is 0 Å². The predicted octanol–water partition coefficient (Wildman–Crippen LogP) is 0.952. The fourth-order valence-corrected chi connectivity index (χ4v) is 1.26. The third-order valence-electron chi connectivity index (χ3n) is 2.16. The van der Waals surface area contributed by atoms with Crippen molar-refractivity contribution >= 4 is 24.1 Å². The summed E-state index contributed by atoms with van der Waals surface area (Å²) in [5.74, 6) is 0.767. The molecule has 0 radical (unpaired) electrons. The van der Waals surface area contributed by atoms with Crippen molar-refractivity contribution in [2.24, 2.45) is 7.05 Å². The van der Waals surface area contributed by atoms with Crippen LogP contribution in [0.4, 0.5) is 5.82 Å². The number of aryl methyl sites for hydroxylation is 2. The van der Waals surface area contributed by atoms with Crippen molar-refractivity contribution in [1.82, 2.24) is 15.1 Å². The Hall–Kier alpha value is -1.07. The van der Waals surface area contributed by atoms with Crippen molar-refractivity contribution in [3.63, 3.8) is 0 Å². The first-order chi connectivity index (χ1) is 7.17. The fourth-order valence-electron chi connectivity index (χ4n) is 1.26. The van der Waals surface area contributed by atoms with E-state index in [0.29, 0.717) is 13.0 Å². The lowest BCUT2D eigenvalue weighted by Gasteiger charge is -2.04. The number of hydrogen-bond donors (Lipinski definition) is 2. The summed E-state index contributed by atoms with van der Waals surface area (Å²) in [7, 11) is 3.65. The highest BCUT2D eigenvalue weighted by molar-refractivity contribution is 5.90. The molecule has 0 aliphatic rings. The number of nitrogens with one attached hydrogen (secondary N) is 2. The van der Waals surface area contributed by atoms with E-state index in [9.17, 15) is 4.79 Å². The van der Waals surface area contributed by atoms with Gasteiger partial charge in [0, 0.05) is 26.1 Å². The Morgan fingerprint density at radius 2 is 2.25 bits per heavy atom. The highest BCUT2D eigenvalue weighted by Gasteiger charge is 2.06. The van der Waals surface area contributed by atoms with Crippen LogP contribution in [0.15, 0.2) is 6.07 Å². The molecule has 1 amide bonds. The number of halogens is 1. The van der Waals surface area contributed by atoms with Gasteiger partial charge in [0.15, 0.2) is 0 Å². The topological polar surface area (TPSA) is 59.0 Å². The molecule has 1 heterocycles. The van der Waals surface area contributed by atoms with E-state index in [0.717, 1.165) is 17.9 Å². The predicted molar refractivity (Wildman–Crippen MR) is 67.0 cm³/mol. The average Bonchev–Trinajstić information content (AvgIpc) is 2.57. The van der Waals surface area contributed by atoms with E-state index >= 15 is 0 Å². The van der Waals surface area contributed by atoms with Gasteiger partial charge in [-0.25, -0.2) is 0 Å². The molecule has 0 aliphatic carbocycles. The van der Waals surface area contributed by atoms with Crippen LogP contribution >= 0.6 is 12.4 Å². The molecule has 1 aromatic rings. The van der Waals surface area contributed by atoms with Crippen LogP contribution in [0.1, 0.15) is 19.0 Å². The minimum absolute atomic E-state index is 0. The second kappa shape index (κ2) is 7.24. The Bertz CT molecular complexity index is 338. The molecule has 16 heavy (non-hydrogen) atoms. The lowest BCUT2D eigenvalue weighted by molar-refractivity contribution is -0.116. The van der Waals surface area contributed by atoms with Crippen LogP contribution in [-0.2, 0) is 18.3 Å². The van der Waals surface area contributed by atoms with E-state index in [1.54, 1.807) is 4.68 Å². The zero-order valence-electron chi connectivity index (χ0n) is 9.91. The molecule has 0 bridgehead atoms. The summed E-state index contributed by atoms with van der Waals surface area (Å²) in [5.41, 5.74) is 0.987. The minimum atomic E-state index is 0. The second-order valence-corrected chi connectivity index (χ2v) is 3.40. The maximum absolute atomic E-state index is 11.4. The number of carbonyl (C=O) groups excluding carboxylic acids is 1. The minimum Gasteiger partial charge on any atom is -0.319 e. The van der Waals surface area contributed by atoms with Crippen LogP contribution in [-0.4, -0.2) is 29.3 Å². The van der Waals surface area contributed by atoms with Crippen LogP contribution in [0.25, 0.3) is 0 Å². The van der Waals surface area contributed by atoms with Gasteiger partial charge >= 0.3 is 0 Å². The van der Waals surface area contributed by atoms with Crippen LogP contribution in [0, 0.1) is 0 Å². The lowest BCUT2D eigenvalue weighted by atomic mass is 10.3. The van der Waals surface area contributed by atoms with Crippen LogP contribution in [0.3, 0.4) is 0 Å². The van der Waals surface area contributed by atoms with Gasteiger partial charge in [-0.2, -0.15) is 5.10 Å². The third-order valence-corrected chi connectivity index (χ3v) is 2.16. The van der Waals surface area contributed by atoms with Gasteiger partial charge in [-0.3, -0.25) is 9.48 Å². The van der Waals surface area contributed by atoms with Crippen molar-refractivity contribution in [2.45, 2.75) is 19.8 Å². The molecule has 0 saturated heterocycles. The van der Waals surface area contributed by atoms with E-state index in [1.807, 2.05) is 27.1 Å². The summed E-state index contributed by atoms with van der Waals surface area (Å²) in [6.45, 7) is 2.72. The maximum atomic E-state index is 11.4. The third kappa shape index (κ3) is 4.20. The van der Waals surface area contributed by atoms with Crippen LogP contribution in [0.5, 0.6) is 0 Å². The molecule has 0 aliphatic heterocycles. The summed E-state index contributed by atoms with van der Waals surface area (Å²) in [6, 6.07) is 1.90. The first-order valence-corrected chi connectivity index (χ1v) is 5.14. The molecule has 1 rings (SSSR count). The lowest BCUT2D eigenvalue weighted by Crippen LogP contribution is -2.19. The molecule has 0 atom stereocenters. The van der Waals surface area contributed by atoms with Gasteiger partial charge in [-0.1, -0.05) is 6.92 Å². The second-order valence-electron chi connectivity index (χ2n) is 3.40. The van der Waals surface area contributed by atoms with Gasteiger partial charge < -0.3 is 10.6 Å². The van der Waals surface area contributed by atoms with E-state index in [1.165, 1.54) is 0 Å². The van der Waals surface area contributed by atoms with Gasteiger partial charge in [0.25, 0.3) is 0 Å². The van der Waals surface area contributed by atoms with Crippen molar-refractivity contribution in [3.8, 4) is 0 Å². The molecular formula is C10H19ClN4O. The number of rotatable bonds is 5. The molecule has 92 valence electrons. The molecule has 2 N–H and O–H groups in total. The van der Waals surface area contributed by atoms with Crippen molar-refractivity contribution in [3.05, 3.63) is 11.8 Å². The van der Waals surface area contributed by atoms with Gasteiger partial charge in [0.1, 0.15) is 5.82 Å². The van der Waals surface area contributed by atoms with Crippen LogP contribution < -0.4 is 10.6 Å². The molecule has 1 aromatic heterocycles. The molecule has 0 unspecified atom stereocenters. The molecule has 0 fully saturated rings. The van der Waals surface area contributed by atoms with E-state index in [4.69, 9.17) is 0 Å². The fraction of sp³-hybridized carbons (Fsp3) is 0.600. The SMILES string of the molecule is CCc1cc(NC(=O)CCNC)n(C)n1.Cl. The molecule has 6 heteroatoms. The first-order valence-electron chi connectivity index (χ1n) is 5.14. The highest BCUT2D eigenvalue weighted by Crippen LogP contribution is 2.09. The Morgan fingerprint density at radius 1 is 1.56 bits per heavy atom. The maximum Gasteiger partial charge on any atom is 0.226 e. The molecule has 0 spiro atoms. The normalized spacial score (nSPS) is 9.69. The molecule has 0 aromatic carbocycles. The van der Waals surface area contributed by atoms with E-state index < -0.39 is 0 Å². The van der Waals surface area contributed by atoms with Crippen molar-refractivity contribution in [1.29, 1.82) is 0 Å². The van der Waals surface area contributed by atoms with Gasteiger partial charge in [-0.05, 0) is 13.5 Å². The molecule has 0 saturated carbocycles. The highest BCUT2D eigenvalue weighted by atomic mass is 35.5. The number of carbonyl (C=O) groups is 1. The number of aromatic nitrogens is 2. The van der Waals surface area contributed by atoms with Gasteiger partial charge in [-0.15, -0.1) is 12.4 Å². The zero-order valence-corrected chi connectivity index (χ0v) is 10.7. The summed E-state index contributed by atoms with van der Waals surface area (Å²) in [5, 5.41) is 10.0. The van der Waals surface area contributed by atoms with Gasteiger partial charge in [0.2, 0.25) is 5.91 Å². The average molecular weight is 247 g/mol. The summed E-state index contributed by atoms with van der Waals surface area (Å²) in [4.78, 5) is 11.4. The summed E-state index contributed by atoms with van der Waals surface area (Å²) >= 11 is 0. The quantitative estimate of drug-likeness (QED) is 0.814. The Kier molecular flexibility index (Phi) is 6.76. The summed E-state index contributed by atoms with van der Waals surface area (Å²) in [6.07, 6.45) is 1.35. The Labute approximate surface area is 102 Å². The largest absolute Gasteiger partial charge is 0.319 e. The van der Waals surface area contributed by atoms with E-state index in [-0.39, 0.29) is 18.3 Å². The monoisotopic (exact) mass is 246 g/mol. The molecule has 5 nitrogen and oxygen atoms in total. The van der Waals surface area contributed by atoms with Crippen molar-refractivity contribution in [2.75, 3.05) is 18.9 Å². The van der Waals surface area contributed by atoms with E-state index in [2.05, 4.69) is 15.7 Å². The standard InChI is InChI=1S/C10H18N4O.ClH/c1-4-8-7-9(14(3)13-8)12-10(15)5-6-11-2;/h7,11H,4-6H2,1-3H3,(H,12,15);1H. The number of hydrogen-bond acceptors (Lipinski definition) is 3. The Morgan fingerprint density at radius 3 is 2.75 bits per heavy atom. The summed E-state index contributed by atoms with van der Waals surface area (Å²) < 4.78 is 1.69. The first kappa shape index (κ1) is 14.9. The Balaban J connectivity index is 0.00000225. The smallest absolute Gasteiger partial charge is 0.226 e. The van der Waals surface area contributed by atoms with Crippen molar-refractivity contribution < 1.29 is 4.79 Å².